The molecule has 17 heavy (non-hydrogen) atoms. The second kappa shape index (κ2) is 8.10. The molecule has 1 fully saturated rings. The summed E-state index contributed by atoms with van der Waals surface area (Å²) in [6, 6.07) is 0. The van der Waals surface area contributed by atoms with Crippen molar-refractivity contribution < 1.29 is 0 Å². The lowest BCUT2D eigenvalue weighted by Gasteiger charge is -2.28. The molecule has 0 spiro atoms. The Balaban J connectivity index is 2.07. The van der Waals surface area contributed by atoms with Crippen molar-refractivity contribution in [2.75, 3.05) is 26.2 Å². The molecule has 0 aliphatic carbocycles. The topological polar surface area (TPSA) is 24.1 Å². The first-order valence-corrected chi connectivity index (χ1v) is 7.60. The molecular formula is C15H32N2. The maximum atomic E-state index is 3.69. The second-order valence-corrected chi connectivity index (χ2v) is 6.24. The molecule has 1 aliphatic rings. The van der Waals surface area contributed by atoms with Crippen LogP contribution in [0.25, 0.3) is 0 Å². The van der Waals surface area contributed by atoms with Crippen LogP contribution in [0.4, 0.5) is 0 Å². The highest BCUT2D eigenvalue weighted by atomic mass is 15.0. The first-order chi connectivity index (χ1) is 8.18. The number of nitrogens with one attached hydrogen (secondary N) is 2. The minimum absolute atomic E-state index is 0.562. The van der Waals surface area contributed by atoms with E-state index in [2.05, 4.69) is 31.4 Å². The molecule has 0 saturated carbocycles. The predicted molar refractivity (Wildman–Crippen MR) is 76.4 cm³/mol. The van der Waals surface area contributed by atoms with Crippen molar-refractivity contribution in [3.63, 3.8) is 0 Å². The zero-order valence-corrected chi connectivity index (χ0v) is 12.1. The molecule has 0 aromatic carbocycles. The van der Waals surface area contributed by atoms with E-state index in [1.54, 1.807) is 0 Å². The smallest absolute Gasteiger partial charge is 0.00205 e. The zero-order chi connectivity index (χ0) is 12.6. The van der Waals surface area contributed by atoms with Crippen molar-refractivity contribution in [1.29, 1.82) is 0 Å². The molecule has 1 saturated heterocycles. The summed E-state index contributed by atoms with van der Waals surface area (Å²) in [5, 5.41) is 7.21. The average molecular weight is 240 g/mol. The fraction of sp³-hybridized carbons (Fsp3) is 1.00. The highest BCUT2D eigenvalue weighted by molar-refractivity contribution is 4.89. The molecule has 1 rings (SSSR count). The Morgan fingerprint density at radius 2 is 2.12 bits per heavy atom. The molecule has 2 heteroatoms. The summed E-state index contributed by atoms with van der Waals surface area (Å²) in [6.07, 6.45) is 8.15. The highest BCUT2D eigenvalue weighted by Gasteiger charge is 2.31. The Bertz CT molecular complexity index is 183. The van der Waals surface area contributed by atoms with E-state index in [1.165, 1.54) is 64.7 Å². The first kappa shape index (κ1) is 15.0. The number of unbranched alkanes of at least 4 members (excludes halogenated alkanes) is 1. The summed E-state index contributed by atoms with van der Waals surface area (Å²) in [4.78, 5) is 0. The summed E-state index contributed by atoms with van der Waals surface area (Å²) in [7, 11) is 0. The van der Waals surface area contributed by atoms with Gasteiger partial charge in [-0.2, -0.15) is 0 Å². The van der Waals surface area contributed by atoms with Crippen molar-refractivity contribution in [3.05, 3.63) is 0 Å². The minimum atomic E-state index is 0.562. The molecule has 2 N–H and O–H groups in total. The van der Waals surface area contributed by atoms with Crippen LogP contribution in [0.15, 0.2) is 0 Å². The lowest BCUT2D eigenvalue weighted by Crippen LogP contribution is -2.36. The SMILES string of the molecule is CCCC1(CNCCCCC(C)C)CCNC1. The molecule has 0 bridgehead atoms. The third-order valence-corrected chi connectivity index (χ3v) is 4.00. The molecule has 1 heterocycles. The normalized spacial score (nSPS) is 24.7. The van der Waals surface area contributed by atoms with E-state index in [0.29, 0.717) is 5.41 Å². The summed E-state index contributed by atoms with van der Waals surface area (Å²) >= 11 is 0. The molecule has 1 atom stereocenters. The summed E-state index contributed by atoms with van der Waals surface area (Å²) in [5.74, 6) is 0.862. The first-order valence-electron chi connectivity index (χ1n) is 7.60. The maximum absolute atomic E-state index is 3.69. The molecule has 102 valence electrons. The number of hydrogen-bond acceptors (Lipinski definition) is 2. The van der Waals surface area contributed by atoms with Crippen LogP contribution in [-0.4, -0.2) is 26.2 Å². The Morgan fingerprint density at radius 1 is 1.29 bits per heavy atom. The molecule has 1 unspecified atom stereocenters. The molecule has 2 nitrogen and oxygen atoms in total. The van der Waals surface area contributed by atoms with Crippen LogP contribution in [0.5, 0.6) is 0 Å². The Morgan fingerprint density at radius 3 is 2.71 bits per heavy atom. The van der Waals surface area contributed by atoms with Gasteiger partial charge in [-0.05, 0) is 43.7 Å². The van der Waals surface area contributed by atoms with Crippen LogP contribution in [0.2, 0.25) is 0 Å². The minimum Gasteiger partial charge on any atom is -0.316 e. The molecule has 0 radical (unpaired) electrons. The Hall–Kier alpha value is -0.0800. The van der Waals surface area contributed by atoms with Gasteiger partial charge in [0.05, 0.1) is 0 Å². The van der Waals surface area contributed by atoms with Gasteiger partial charge >= 0.3 is 0 Å². The molecule has 1 aliphatic heterocycles. The fourth-order valence-corrected chi connectivity index (χ4v) is 2.93. The fourth-order valence-electron chi connectivity index (χ4n) is 2.93. The number of hydrogen-bond donors (Lipinski definition) is 2. The average Bonchev–Trinajstić information content (AvgIpc) is 2.72. The van der Waals surface area contributed by atoms with Crippen molar-refractivity contribution >= 4 is 0 Å². The molecular weight excluding hydrogens is 208 g/mol. The van der Waals surface area contributed by atoms with Gasteiger partial charge < -0.3 is 10.6 Å². The van der Waals surface area contributed by atoms with Crippen LogP contribution in [0.1, 0.15) is 59.3 Å². The van der Waals surface area contributed by atoms with Gasteiger partial charge in [-0.3, -0.25) is 0 Å². The van der Waals surface area contributed by atoms with Gasteiger partial charge in [0.25, 0.3) is 0 Å². The van der Waals surface area contributed by atoms with Crippen molar-refractivity contribution in [2.24, 2.45) is 11.3 Å². The summed E-state index contributed by atoms with van der Waals surface area (Å²) in [5.41, 5.74) is 0.562. The zero-order valence-electron chi connectivity index (χ0n) is 12.1. The Labute approximate surface area is 108 Å². The van der Waals surface area contributed by atoms with Crippen LogP contribution in [-0.2, 0) is 0 Å². The molecule has 0 aromatic rings. The van der Waals surface area contributed by atoms with Gasteiger partial charge in [-0.1, -0.05) is 40.0 Å². The van der Waals surface area contributed by atoms with E-state index < -0.39 is 0 Å². The van der Waals surface area contributed by atoms with Crippen molar-refractivity contribution in [1.82, 2.24) is 10.6 Å². The van der Waals surface area contributed by atoms with Gasteiger partial charge in [0, 0.05) is 13.1 Å². The van der Waals surface area contributed by atoms with E-state index in [9.17, 15) is 0 Å². The summed E-state index contributed by atoms with van der Waals surface area (Å²) < 4.78 is 0. The third-order valence-electron chi connectivity index (χ3n) is 4.00. The standard InChI is InChI=1S/C15H32N2/c1-4-8-15(9-11-17-13-15)12-16-10-6-5-7-14(2)3/h14,16-17H,4-13H2,1-3H3. The van der Waals surface area contributed by atoms with Gasteiger partial charge in [0.1, 0.15) is 0 Å². The third kappa shape index (κ3) is 5.87. The van der Waals surface area contributed by atoms with E-state index >= 15 is 0 Å². The monoisotopic (exact) mass is 240 g/mol. The highest BCUT2D eigenvalue weighted by Crippen LogP contribution is 2.30. The largest absolute Gasteiger partial charge is 0.316 e. The van der Waals surface area contributed by atoms with Crippen LogP contribution in [0, 0.1) is 11.3 Å². The van der Waals surface area contributed by atoms with Crippen LogP contribution < -0.4 is 10.6 Å². The van der Waals surface area contributed by atoms with Gasteiger partial charge in [-0.15, -0.1) is 0 Å². The van der Waals surface area contributed by atoms with Crippen LogP contribution in [0.3, 0.4) is 0 Å². The van der Waals surface area contributed by atoms with Crippen molar-refractivity contribution in [2.45, 2.75) is 59.3 Å². The number of rotatable bonds is 9. The molecule has 0 aromatic heterocycles. The van der Waals surface area contributed by atoms with Gasteiger partial charge in [-0.25, -0.2) is 0 Å². The lowest BCUT2D eigenvalue weighted by molar-refractivity contribution is 0.276. The lowest BCUT2D eigenvalue weighted by atomic mass is 9.82. The maximum Gasteiger partial charge on any atom is 0.00205 e. The van der Waals surface area contributed by atoms with E-state index in [0.717, 1.165) is 5.92 Å². The second-order valence-electron chi connectivity index (χ2n) is 6.24. The predicted octanol–water partition coefficient (Wildman–Crippen LogP) is 3.18. The Kier molecular flexibility index (Phi) is 7.14. The van der Waals surface area contributed by atoms with E-state index in [4.69, 9.17) is 0 Å². The van der Waals surface area contributed by atoms with E-state index in [-0.39, 0.29) is 0 Å². The van der Waals surface area contributed by atoms with Gasteiger partial charge in [0.2, 0.25) is 0 Å². The molecule has 0 amide bonds. The van der Waals surface area contributed by atoms with Gasteiger partial charge in [0.15, 0.2) is 0 Å². The van der Waals surface area contributed by atoms with Crippen molar-refractivity contribution in [3.8, 4) is 0 Å². The quantitative estimate of drug-likeness (QED) is 0.605. The van der Waals surface area contributed by atoms with E-state index in [1.807, 2.05) is 0 Å². The summed E-state index contributed by atoms with van der Waals surface area (Å²) in [6.45, 7) is 11.8. The van der Waals surface area contributed by atoms with Crippen LogP contribution >= 0.6 is 0 Å².